The molecule has 2 heterocycles. The van der Waals surface area contributed by atoms with Crippen molar-refractivity contribution in [2.75, 3.05) is 0 Å². The zero-order valence-corrected chi connectivity index (χ0v) is 17.5. The van der Waals surface area contributed by atoms with Gasteiger partial charge in [-0.25, -0.2) is 18.6 Å². The lowest BCUT2D eigenvalue weighted by Gasteiger charge is -2.24. The Bertz CT molecular complexity index is 1050. The Labute approximate surface area is 173 Å². The van der Waals surface area contributed by atoms with Gasteiger partial charge in [0.25, 0.3) is 0 Å². The summed E-state index contributed by atoms with van der Waals surface area (Å²) in [5.41, 5.74) is 0.139. The lowest BCUT2D eigenvalue weighted by molar-refractivity contribution is 0.0502. The molecule has 0 spiro atoms. The Hall–Kier alpha value is -2.75. The van der Waals surface area contributed by atoms with E-state index in [1.165, 1.54) is 10.7 Å². The minimum atomic E-state index is -0.855. The third-order valence-corrected chi connectivity index (χ3v) is 4.62. The van der Waals surface area contributed by atoms with Crippen LogP contribution in [0.1, 0.15) is 38.1 Å². The number of nitrogens with zero attached hydrogens (tertiary/aromatic N) is 3. The second-order valence-electron chi connectivity index (χ2n) is 7.42. The number of hydrogen-bond acceptors (Lipinski definition) is 5. The molecule has 0 aliphatic rings. The maximum Gasteiger partial charge on any atom is 0.408 e. The lowest BCUT2D eigenvalue weighted by atomic mass is 10.0. The maximum atomic E-state index is 13.6. The number of carbonyl (C=O) groups is 1. The quantitative estimate of drug-likeness (QED) is 0.596. The molecule has 2 aromatic heterocycles. The molecule has 3 aromatic rings. The van der Waals surface area contributed by atoms with E-state index in [1.54, 1.807) is 26.8 Å². The molecule has 0 saturated carbocycles. The number of amides is 1. The Balaban J connectivity index is 2.02. The van der Waals surface area contributed by atoms with Crippen molar-refractivity contribution in [2.24, 2.45) is 0 Å². The molecule has 1 amide bonds. The summed E-state index contributed by atoms with van der Waals surface area (Å²) in [6, 6.07) is 3.81. The van der Waals surface area contributed by atoms with E-state index in [4.69, 9.17) is 4.74 Å². The van der Waals surface area contributed by atoms with E-state index in [-0.39, 0.29) is 22.5 Å². The summed E-state index contributed by atoms with van der Waals surface area (Å²) in [5, 5.41) is 17.0. The molecule has 29 heavy (non-hydrogen) atoms. The number of alkyl carbamates (subject to hydrolysis) is 1. The average Bonchev–Trinajstić information content (AvgIpc) is 3.03. The van der Waals surface area contributed by atoms with E-state index < -0.39 is 29.4 Å². The number of carbonyl (C=O) groups excluding carboxylic acids is 1. The SMILES string of the molecule is CC(C)(C)OC(=O)N[C@@H](Cc1cc(F)cc(F)c1)c1nc2ccnn2c(O)c1Br. The number of nitrogens with one attached hydrogen (secondary N) is 1. The first-order valence-electron chi connectivity index (χ1n) is 8.70. The predicted octanol–water partition coefficient (Wildman–Crippen LogP) is 4.28. The van der Waals surface area contributed by atoms with E-state index in [0.717, 1.165) is 18.2 Å². The highest BCUT2D eigenvalue weighted by atomic mass is 79.9. The van der Waals surface area contributed by atoms with E-state index in [0.29, 0.717) is 11.2 Å². The molecular formula is C19H19BrF2N4O3. The molecule has 0 bridgehead atoms. The molecule has 0 unspecified atom stereocenters. The predicted molar refractivity (Wildman–Crippen MR) is 105 cm³/mol. The van der Waals surface area contributed by atoms with E-state index >= 15 is 0 Å². The van der Waals surface area contributed by atoms with Crippen LogP contribution in [0.2, 0.25) is 0 Å². The van der Waals surface area contributed by atoms with E-state index in [9.17, 15) is 18.7 Å². The van der Waals surface area contributed by atoms with Gasteiger partial charge in [0.1, 0.15) is 21.7 Å². The number of benzene rings is 1. The fourth-order valence-electron chi connectivity index (χ4n) is 2.79. The Morgan fingerprint density at radius 2 is 1.97 bits per heavy atom. The van der Waals surface area contributed by atoms with Gasteiger partial charge in [0, 0.05) is 12.1 Å². The van der Waals surface area contributed by atoms with E-state index in [2.05, 4.69) is 31.3 Å². The molecule has 1 aromatic carbocycles. The molecular weight excluding hydrogens is 450 g/mol. The molecule has 0 fully saturated rings. The van der Waals surface area contributed by atoms with Crippen LogP contribution < -0.4 is 5.32 Å². The smallest absolute Gasteiger partial charge is 0.408 e. The van der Waals surface area contributed by atoms with Crippen LogP contribution in [-0.4, -0.2) is 31.4 Å². The zero-order chi connectivity index (χ0) is 21.3. The average molecular weight is 469 g/mol. The van der Waals surface area contributed by atoms with Gasteiger partial charge in [0.2, 0.25) is 5.88 Å². The molecule has 154 valence electrons. The molecule has 3 rings (SSSR count). The number of fused-ring (bicyclic) bond motifs is 1. The Morgan fingerprint density at radius 3 is 2.59 bits per heavy atom. The largest absolute Gasteiger partial charge is 0.492 e. The van der Waals surface area contributed by atoms with Gasteiger partial charge >= 0.3 is 6.09 Å². The number of aromatic hydroxyl groups is 1. The van der Waals surface area contributed by atoms with Crippen molar-refractivity contribution < 1.29 is 23.4 Å². The second-order valence-corrected chi connectivity index (χ2v) is 8.21. The fourth-order valence-corrected chi connectivity index (χ4v) is 3.32. The van der Waals surface area contributed by atoms with Crippen LogP contribution in [-0.2, 0) is 11.2 Å². The van der Waals surface area contributed by atoms with Crippen molar-refractivity contribution >= 4 is 27.7 Å². The van der Waals surface area contributed by atoms with Gasteiger partial charge in [-0.3, -0.25) is 0 Å². The van der Waals surface area contributed by atoms with Gasteiger partial charge in [0.15, 0.2) is 5.65 Å². The molecule has 7 nitrogen and oxygen atoms in total. The van der Waals surface area contributed by atoms with Gasteiger partial charge in [-0.15, -0.1) is 0 Å². The standard InChI is InChI=1S/C19H19BrF2N4O3/c1-19(2,3)29-18(28)24-13(8-10-6-11(21)9-12(22)7-10)16-15(20)17(27)26-14(25-16)4-5-23-26/h4-7,9,13,27H,8H2,1-3H3,(H,24,28)/t13-/m0/s1. The summed E-state index contributed by atoms with van der Waals surface area (Å²) in [7, 11) is 0. The van der Waals surface area contributed by atoms with Crippen LogP contribution in [0.4, 0.5) is 13.6 Å². The normalized spacial score (nSPS) is 12.8. The number of ether oxygens (including phenoxy) is 1. The summed E-state index contributed by atoms with van der Waals surface area (Å²) < 4.78 is 34.0. The van der Waals surface area contributed by atoms with Crippen LogP contribution in [0.15, 0.2) is 34.9 Å². The first-order valence-corrected chi connectivity index (χ1v) is 9.49. The molecule has 2 N–H and O–H groups in total. The highest BCUT2D eigenvalue weighted by molar-refractivity contribution is 9.10. The molecule has 1 atom stereocenters. The third kappa shape index (κ3) is 5.00. The minimum Gasteiger partial charge on any atom is -0.492 e. The fraction of sp³-hybridized carbons (Fsp3) is 0.316. The molecule has 10 heteroatoms. The summed E-state index contributed by atoms with van der Waals surface area (Å²) in [6.07, 6.45) is 0.723. The molecule has 0 aliphatic heterocycles. The number of rotatable bonds is 4. The van der Waals surface area contributed by atoms with Crippen LogP contribution in [0, 0.1) is 11.6 Å². The highest BCUT2D eigenvalue weighted by Crippen LogP contribution is 2.32. The third-order valence-electron chi connectivity index (χ3n) is 3.86. The van der Waals surface area contributed by atoms with Crippen molar-refractivity contribution in [3.8, 4) is 5.88 Å². The van der Waals surface area contributed by atoms with Gasteiger partial charge in [0.05, 0.1) is 17.9 Å². The number of halogens is 3. The zero-order valence-electron chi connectivity index (χ0n) is 15.9. The van der Waals surface area contributed by atoms with Gasteiger partial charge in [-0.1, -0.05) is 0 Å². The van der Waals surface area contributed by atoms with Gasteiger partial charge in [-0.2, -0.15) is 9.61 Å². The summed E-state index contributed by atoms with van der Waals surface area (Å²) in [6.45, 7) is 5.13. The maximum absolute atomic E-state index is 13.6. The molecule has 0 aliphatic carbocycles. The molecule has 0 radical (unpaired) electrons. The molecule has 0 saturated heterocycles. The Morgan fingerprint density at radius 1 is 1.31 bits per heavy atom. The highest BCUT2D eigenvalue weighted by Gasteiger charge is 2.26. The van der Waals surface area contributed by atoms with Crippen LogP contribution in [0.25, 0.3) is 5.65 Å². The second kappa shape index (κ2) is 7.94. The topological polar surface area (TPSA) is 88.8 Å². The minimum absolute atomic E-state index is 0.00325. The number of aromatic nitrogens is 3. The van der Waals surface area contributed by atoms with Crippen LogP contribution >= 0.6 is 15.9 Å². The van der Waals surface area contributed by atoms with Crippen molar-refractivity contribution in [1.29, 1.82) is 0 Å². The monoisotopic (exact) mass is 468 g/mol. The summed E-state index contributed by atoms with van der Waals surface area (Å²) in [5.74, 6) is -1.70. The summed E-state index contributed by atoms with van der Waals surface area (Å²) in [4.78, 5) is 16.8. The Kier molecular flexibility index (Phi) is 5.74. The lowest BCUT2D eigenvalue weighted by Crippen LogP contribution is -2.36. The van der Waals surface area contributed by atoms with Crippen LogP contribution in [0.5, 0.6) is 5.88 Å². The van der Waals surface area contributed by atoms with Gasteiger partial charge in [-0.05, 0) is 60.8 Å². The summed E-state index contributed by atoms with van der Waals surface area (Å²) >= 11 is 3.27. The van der Waals surface area contributed by atoms with E-state index in [1.807, 2.05) is 0 Å². The first-order chi connectivity index (χ1) is 13.5. The van der Waals surface area contributed by atoms with Crippen LogP contribution in [0.3, 0.4) is 0 Å². The van der Waals surface area contributed by atoms with Gasteiger partial charge < -0.3 is 15.2 Å². The van der Waals surface area contributed by atoms with Crippen molar-refractivity contribution in [2.45, 2.75) is 38.8 Å². The van der Waals surface area contributed by atoms with Crippen molar-refractivity contribution in [3.63, 3.8) is 0 Å². The van der Waals surface area contributed by atoms with Crippen molar-refractivity contribution in [3.05, 3.63) is 57.8 Å². The van der Waals surface area contributed by atoms with Crippen molar-refractivity contribution in [1.82, 2.24) is 19.9 Å². The first kappa shape index (κ1) is 21.0. The number of hydrogen-bond donors (Lipinski definition) is 2.